The Balaban J connectivity index is 1.88. The fourth-order valence-electron chi connectivity index (χ4n) is 2.52. The second-order valence-electron chi connectivity index (χ2n) is 5.65. The van der Waals surface area contributed by atoms with Crippen molar-refractivity contribution in [1.82, 2.24) is 9.62 Å². The van der Waals surface area contributed by atoms with E-state index in [1.807, 2.05) is 0 Å². The molecule has 0 atom stereocenters. The Bertz CT molecular complexity index is 788. The summed E-state index contributed by atoms with van der Waals surface area (Å²) >= 11 is 0. The quantitative estimate of drug-likeness (QED) is 0.681. The number of halogens is 1. The van der Waals surface area contributed by atoms with E-state index in [1.165, 1.54) is 16.4 Å². The minimum absolute atomic E-state index is 0.0250. The maximum absolute atomic E-state index is 12.9. The number of ether oxygens (including phenoxy) is 1. The van der Waals surface area contributed by atoms with E-state index < -0.39 is 46.3 Å². The van der Waals surface area contributed by atoms with Gasteiger partial charge in [0.05, 0.1) is 10.8 Å². The summed E-state index contributed by atoms with van der Waals surface area (Å²) in [6, 6.07) is 3.44. The highest BCUT2D eigenvalue weighted by molar-refractivity contribution is 7.89. The van der Waals surface area contributed by atoms with Crippen LogP contribution in [0.5, 0.6) is 0 Å². The van der Waals surface area contributed by atoms with Crippen molar-refractivity contribution >= 4 is 27.9 Å². The molecule has 1 fully saturated rings. The van der Waals surface area contributed by atoms with E-state index in [9.17, 15) is 27.2 Å². The number of urea groups is 1. The predicted octanol–water partition coefficient (Wildman–Crippen LogP) is -0.0355. The number of nitrogens with zero attached hydrogens (tertiary/aromatic N) is 1. The molecule has 0 aliphatic carbocycles. The molecule has 0 radical (unpaired) electrons. The van der Waals surface area contributed by atoms with Crippen LogP contribution in [0.1, 0.15) is 12.8 Å². The summed E-state index contributed by atoms with van der Waals surface area (Å²) in [5, 5.41) is 1.76. The standard InChI is InChI=1S/C15H18FN3O6S/c16-11-1-3-12(4-2-11)26(23,24)19-7-5-10(6-8-19)14(21)25-9-13(20)18-15(17)22/h1-4,10H,5-9H2,(H3,17,18,20,22). The number of imide groups is 1. The zero-order chi connectivity index (χ0) is 19.3. The number of nitrogens with two attached hydrogens (primary N) is 1. The Labute approximate surface area is 149 Å². The SMILES string of the molecule is NC(=O)NC(=O)COC(=O)C1CCN(S(=O)(=O)c2ccc(F)cc2)CC1. The molecule has 2 rings (SSSR count). The molecule has 0 saturated carbocycles. The van der Waals surface area contributed by atoms with Crippen LogP contribution < -0.4 is 11.1 Å². The predicted molar refractivity (Wildman–Crippen MR) is 86.6 cm³/mol. The van der Waals surface area contributed by atoms with Gasteiger partial charge in [-0.2, -0.15) is 4.31 Å². The van der Waals surface area contributed by atoms with Gasteiger partial charge in [-0.15, -0.1) is 0 Å². The van der Waals surface area contributed by atoms with Gasteiger partial charge in [0.1, 0.15) is 5.82 Å². The summed E-state index contributed by atoms with van der Waals surface area (Å²) in [4.78, 5) is 33.6. The molecule has 1 saturated heterocycles. The van der Waals surface area contributed by atoms with Crippen LogP contribution in [0.25, 0.3) is 0 Å². The van der Waals surface area contributed by atoms with Crippen LogP contribution in [-0.2, 0) is 24.3 Å². The lowest BCUT2D eigenvalue weighted by molar-refractivity contribution is -0.153. The van der Waals surface area contributed by atoms with Crippen LogP contribution in [0.15, 0.2) is 29.2 Å². The Morgan fingerprint density at radius 1 is 1.19 bits per heavy atom. The summed E-state index contributed by atoms with van der Waals surface area (Å²) in [5.41, 5.74) is 4.76. The van der Waals surface area contributed by atoms with E-state index in [-0.39, 0.29) is 30.8 Å². The van der Waals surface area contributed by atoms with Crippen LogP contribution in [0, 0.1) is 11.7 Å². The van der Waals surface area contributed by atoms with E-state index >= 15 is 0 Å². The van der Waals surface area contributed by atoms with Crippen molar-refractivity contribution in [2.75, 3.05) is 19.7 Å². The van der Waals surface area contributed by atoms with Crippen molar-refractivity contribution < 1.29 is 31.9 Å². The maximum Gasteiger partial charge on any atom is 0.318 e. The number of esters is 1. The van der Waals surface area contributed by atoms with Gasteiger partial charge in [-0.05, 0) is 37.1 Å². The summed E-state index contributed by atoms with van der Waals surface area (Å²) in [6.07, 6.45) is 0.438. The molecule has 142 valence electrons. The molecular formula is C15H18FN3O6S. The molecule has 1 aliphatic heterocycles. The Hall–Kier alpha value is -2.53. The van der Waals surface area contributed by atoms with Crippen molar-refractivity contribution in [2.45, 2.75) is 17.7 Å². The molecule has 3 amide bonds. The number of sulfonamides is 1. The number of benzene rings is 1. The zero-order valence-corrected chi connectivity index (χ0v) is 14.5. The average molecular weight is 387 g/mol. The number of hydrogen-bond acceptors (Lipinski definition) is 6. The van der Waals surface area contributed by atoms with Gasteiger partial charge < -0.3 is 10.5 Å². The van der Waals surface area contributed by atoms with Crippen molar-refractivity contribution in [3.05, 3.63) is 30.1 Å². The molecule has 1 heterocycles. The normalized spacial score (nSPS) is 16.0. The van der Waals surface area contributed by atoms with E-state index in [2.05, 4.69) is 0 Å². The lowest BCUT2D eigenvalue weighted by atomic mass is 9.98. The van der Waals surface area contributed by atoms with E-state index in [1.54, 1.807) is 5.32 Å². The van der Waals surface area contributed by atoms with Crippen molar-refractivity contribution in [1.29, 1.82) is 0 Å². The number of carbonyl (C=O) groups is 3. The fraction of sp³-hybridized carbons (Fsp3) is 0.400. The highest BCUT2D eigenvalue weighted by atomic mass is 32.2. The Kier molecular flexibility index (Phi) is 6.27. The molecule has 0 aromatic heterocycles. The summed E-state index contributed by atoms with van der Waals surface area (Å²) in [6.45, 7) is -0.463. The molecular weight excluding hydrogens is 369 g/mol. The van der Waals surface area contributed by atoms with Gasteiger partial charge in [-0.1, -0.05) is 0 Å². The monoisotopic (exact) mass is 387 g/mol. The number of piperidine rings is 1. The minimum atomic E-state index is -3.77. The lowest BCUT2D eigenvalue weighted by Crippen LogP contribution is -2.41. The largest absolute Gasteiger partial charge is 0.455 e. The second-order valence-corrected chi connectivity index (χ2v) is 7.59. The molecule has 1 aromatic rings. The first kappa shape index (κ1) is 19.8. The number of primary amides is 1. The van der Waals surface area contributed by atoms with E-state index in [0.717, 1.165) is 12.1 Å². The average Bonchev–Trinajstić information content (AvgIpc) is 2.59. The molecule has 9 nitrogen and oxygen atoms in total. The second kappa shape index (κ2) is 8.23. The van der Waals surface area contributed by atoms with Gasteiger partial charge in [0.2, 0.25) is 10.0 Å². The van der Waals surface area contributed by atoms with Crippen LogP contribution in [-0.4, -0.2) is 50.3 Å². The number of hydrogen-bond donors (Lipinski definition) is 2. The molecule has 0 bridgehead atoms. The van der Waals surface area contributed by atoms with Crippen LogP contribution in [0.4, 0.5) is 9.18 Å². The molecule has 0 spiro atoms. The fourth-order valence-corrected chi connectivity index (χ4v) is 3.99. The Morgan fingerprint density at radius 2 is 1.77 bits per heavy atom. The van der Waals surface area contributed by atoms with Gasteiger partial charge >= 0.3 is 12.0 Å². The molecule has 1 aliphatic rings. The highest BCUT2D eigenvalue weighted by Crippen LogP contribution is 2.24. The van der Waals surface area contributed by atoms with Gasteiger partial charge in [-0.3, -0.25) is 14.9 Å². The molecule has 1 aromatic carbocycles. The number of nitrogens with one attached hydrogen (secondary N) is 1. The topological polar surface area (TPSA) is 136 Å². The van der Waals surface area contributed by atoms with Gasteiger partial charge in [0, 0.05) is 13.1 Å². The molecule has 0 unspecified atom stereocenters. The van der Waals surface area contributed by atoms with Gasteiger partial charge in [-0.25, -0.2) is 17.6 Å². The molecule has 26 heavy (non-hydrogen) atoms. The first-order valence-corrected chi connectivity index (χ1v) is 9.16. The van der Waals surface area contributed by atoms with E-state index in [0.29, 0.717) is 0 Å². The first-order valence-electron chi connectivity index (χ1n) is 7.72. The third-order valence-corrected chi connectivity index (χ3v) is 5.76. The number of amides is 3. The van der Waals surface area contributed by atoms with Crippen molar-refractivity contribution in [3.8, 4) is 0 Å². The van der Waals surface area contributed by atoms with Crippen LogP contribution in [0.2, 0.25) is 0 Å². The molecule has 3 N–H and O–H groups in total. The lowest BCUT2D eigenvalue weighted by Gasteiger charge is -2.30. The zero-order valence-electron chi connectivity index (χ0n) is 13.7. The maximum atomic E-state index is 12.9. The van der Waals surface area contributed by atoms with Crippen molar-refractivity contribution in [3.63, 3.8) is 0 Å². The summed E-state index contributed by atoms with van der Waals surface area (Å²) in [5.74, 6) is -2.59. The van der Waals surface area contributed by atoms with Crippen LogP contribution in [0.3, 0.4) is 0 Å². The summed E-state index contributed by atoms with van der Waals surface area (Å²) < 4.78 is 43.9. The van der Waals surface area contributed by atoms with Crippen molar-refractivity contribution in [2.24, 2.45) is 11.7 Å². The third-order valence-electron chi connectivity index (χ3n) is 3.85. The minimum Gasteiger partial charge on any atom is -0.455 e. The number of carbonyl (C=O) groups excluding carboxylic acids is 3. The van der Waals surface area contributed by atoms with Gasteiger partial charge in [0.25, 0.3) is 5.91 Å². The third kappa shape index (κ3) is 4.99. The summed E-state index contributed by atoms with van der Waals surface area (Å²) in [7, 11) is -3.77. The smallest absolute Gasteiger partial charge is 0.318 e. The number of rotatable bonds is 5. The van der Waals surface area contributed by atoms with Crippen LogP contribution >= 0.6 is 0 Å². The van der Waals surface area contributed by atoms with Gasteiger partial charge in [0.15, 0.2) is 6.61 Å². The first-order chi connectivity index (χ1) is 12.2. The Morgan fingerprint density at radius 3 is 2.31 bits per heavy atom. The highest BCUT2D eigenvalue weighted by Gasteiger charge is 2.33. The molecule has 11 heteroatoms. The van der Waals surface area contributed by atoms with E-state index in [4.69, 9.17) is 10.5 Å².